The Kier molecular flexibility index (Phi) is 4.14. The van der Waals surface area contributed by atoms with E-state index in [2.05, 4.69) is 39.6 Å². The van der Waals surface area contributed by atoms with E-state index in [1.54, 1.807) is 12.1 Å². The third-order valence-electron chi connectivity index (χ3n) is 4.69. The van der Waals surface area contributed by atoms with Crippen molar-refractivity contribution in [1.29, 1.82) is 0 Å². The first-order chi connectivity index (χ1) is 12.2. The Morgan fingerprint density at radius 3 is 2.96 bits per heavy atom. The Balaban J connectivity index is 1.42. The molecule has 0 fully saturated rings. The van der Waals surface area contributed by atoms with Crippen LogP contribution in [0.25, 0.3) is 11.0 Å². The third-order valence-corrected chi connectivity index (χ3v) is 4.69. The number of fused-ring (bicyclic) bond motifs is 2. The Bertz CT molecular complexity index is 916. The third kappa shape index (κ3) is 3.50. The molecular weight excluding hydrogens is 314 g/mol. The Morgan fingerprint density at radius 1 is 1.24 bits per heavy atom. The van der Waals surface area contributed by atoms with Gasteiger partial charge in [-0.1, -0.05) is 24.3 Å². The zero-order valence-corrected chi connectivity index (χ0v) is 14.2. The van der Waals surface area contributed by atoms with Crippen LogP contribution in [0, 0.1) is 6.92 Å². The number of rotatable bonds is 2. The van der Waals surface area contributed by atoms with Crippen LogP contribution in [0.5, 0.6) is 5.75 Å². The van der Waals surface area contributed by atoms with Crippen LogP contribution in [-0.4, -0.2) is 22.1 Å². The first-order valence-electron chi connectivity index (χ1n) is 8.69. The van der Waals surface area contributed by atoms with Crippen LogP contribution < -0.4 is 10.1 Å². The average Bonchev–Trinajstić information content (AvgIpc) is 2.82. The van der Waals surface area contributed by atoms with Crippen LogP contribution >= 0.6 is 0 Å². The van der Waals surface area contributed by atoms with E-state index in [1.165, 1.54) is 11.1 Å². The predicted octanol–water partition coefficient (Wildman–Crippen LogP) is 3.91. The van der Waals surface area contributed by atoms with Crippen molar-refractivity contribution in [2.24, 2.45) is 0 Å². The molecule has 1 heterocycles. The quantitative estimate of drug-likeness (QED) is 0.698. The monoisotopic (exact) mass is 335 g/mol. The summed E-state index contributed by atoms with van der Waals surface area (Å²) >= 11 is 0. The summed E-state index contributed by atoms with van der Waals surface area (Å²) in [5.74, 6) is 1.36. The van der Waals surface area contributed by atoms with Gasteiger partial charge in [-0.15, -0.1) is 0 Å². The number of amides is 1. The number of hydrogen-bond acceptors (Lipinski definition) is 3. The molecule has 0 bridgehead atoms. The van der Waals surface area contributed by atoms with Gasteiger partial charge in [-0.2, -0.15) is 0 Å². The number of hydrogen-bond donors (Lipinski definition) is 2. The Morgan fingerprint density at radius 2 is 2.08 bits per heavy atom. The predicted molar refractivity (Wildman–Crippen MR) is 96.9 cm³/mol. The number of H-pyrrole nitrogens is 1. The standard InChI is InChI=1S/C20H21N3O2/c1-13-21-18-10-9-17(12-19(18)22-13)25-20(24)23-16-8-4-7-14-5-2-3-6-15(14)11-16/h2-3,5-6,9-10,12,16H,4,7-8,11H2,1H3,(H,21,22)(H,23,24)/t16-/m0/s1. The van der Waals surface area contributed by atoms with E-state index >= 15 is 0 Å². The van der Waals surface area contributed by atoms with Crippen LogP contribution in [-0.2, 0) is 12.8 Å². The molecule has 1 amide bonds. The normalized spacial score (nSPS) is 16.9. The smallest absolute Gasteiger partial charge is 0.410 e. The lowest BCUT2D eigenvalue weighted by molar-refractivity contribution is 0.195. The molecule has 2 aromatic carbocycles. The van der Waals surface area contributed by atoms with E-state index in [0.29, 0.717) is 5.75 Å². The van der Waals surface area contributed by atoms with Crippen molar-refractivity contribution >= 4 is 17.1 Å². The highest BCUT2D eigenvalue weighted by atomic mass is 16.6. The number of imidazole rings is 1. The molecule has 1 aromatic heterocycles. The summed E-state index contributed by atoms with van der Waals surface area (Å²) in [6.07, 6.45) is 3.55. The Hall–Kier alpha value is -2.82. The highest BCUT2D eigenvalue weighted by Crippen LogP contribution is 2.22. The molecule has 25 heavy (non-hydrogen) atoms. The number of aromatic amines is 1. The zero-order valence-electron chi connectivity index (χ0n) is 14.2. The van der Waals surface area contributed by atoms with Gasteiger partial charge in [0.05, 0.1) is 11.0 Å². The summed E-state index contributed by atoms with van der Waals surface area (Å²) < 4.78 is 5.47. The molecule has 0 unspecified atom stereocenters. The fraction of sp³-hybridized carbons (Fsp3) is 0.300. The molecule has 0 aliphatic heterocycles. The van der Waals surface area contributed by atoms with Gasteiger partial charge in [-0.3, -0.25) is 0 Å². The minimum Gasteiger partial charge on any atom is -0.410 e. The van der Waals surface area contributed by atoms with Crippen molar-refractivity contribution in [3.05, 3.63) is 59.4 Å². The topological polar surface area (TPSA) is 67.0 Å². The second-order valence-electron chi connectivity index (χ2n) is 6.60. The van der Waals surface area contributed by atoms with E-state index in [9.17, 15) is 4.79 Å². The molecule has 0 radical (unpaired) electrons. The number of carbonyl (C=O) groups excluding carboxylic acids is 1. The van der Waals surface area contributed by atoms with Gasteiger partial charge in [-0.05, 0) is 55.9 Å². The minimum absolute atomic E-state index is 0.106. The number of aryl methyl sites for hydroxylation is 2. The average molecular weight is 335 g/mol. The first-order valence-corrected chi connectivity index (χ1v) is 8.69. The minimum atomic E-state index is -0.403. The van der Waals surface area contributed by atoms with Crippen LogP contribution in [0.15, 0.2) is 42.5 Å². The fourth-order valence-electron chi connectivity index (χ4n) is 3.51. The van der Waals surface area contributed by atoms with Gasteiger partial charge in [0, 0.05) is 12.1 Å². The summed E-state index contributed by atoms with van der Waals surface area (Å²) in [6, 6.07) is 14.0. The van der Waals surface area contributed by atoms with Gasteiger partial charge in [-0.25, -0.2) is 9.78 Å². The summed E-state index contributed by atoms with van der Waals surface area (Å²) in [7, 11) is 0. The van der Waals surface area contributed by atoms with Crippen LogP contribution in [0.2, 0.25) is 0 Å². The molecule has 1 aliphatic rings. The van der Waals surface area contributed by atoms with E-state index < -0.39 is 6.09 Å². The lowest BCUT2D eigenvalue weighted by Crippen LogP contribution is -2.38. The lowest BCUT2D eigenvalue weighted by atomic mass is 10.0. The number of carbonyl (C=O) groups is 1. The molecule has 5 heteroatoms. The van der Waals surface area contributed by atoms with Crippen molar-refractivity contribution in [1.82, 2.24) is 15.3 Å². The number of nitrogens with one attached hydrogen (secondary N) is 2. The maximum atomic E-state index is 12.3. The molecule has 0 saturated carbocycles. The Labute approximate surface area is 146 Å². The molecule has 4 rings (SSSR count). The van der Waals surface area contributed by atoms with Gasteiger partial charge in [0.25, 0.3) is 0 Å². The van der Waals surface area contributed by atoms with Crippen molar-refractivity contribution in [2.75, 3.05) is 0 Å². The van der Waals surface area contributed by atoms with Gasteiger partial charge in [0.1, 0.15) is 11.6 Å². The van der Waals surface area contributed by atoms with Crippen LogP contribution in [0.4, 0.5) is 4.79 Å². The van der Waals surface area contributed by atoms with Gasteiger partial charge in [0.2, 0.25) is 0 Å². The summed E-state index contributed by atoms with van der Waals surface area (Å²) in [4.78, 5) is 19.8. The molecule has 128 valence electrons. The second-order valence-corrected chi connectivity index (χ2v) is 6.60. The summed E-state index contributed by atoms with van der Waals surface area (Å²) in [6.45, 7) is 1.90. The highest BCUT2D eigenvalue weighted by Gasteiger charge is 2.19. The van der Waals surface area contributed by atoms with Crippen molar-refractivity contribution in [3.8, 4) is 5.75 Å². The molecule has 3 aromatic rings. The van der Waals surface area contributed by atoms with Crippen LogP contribution in [0.1, 0.15) is 29.8 Å². The zero-order chi connectivity index (χ0) is 17.2. The van der Waals surface area contributed by atoms with Gasteiger partial charge < -0.3 is 15.0 Å². The molecule has 1 aliphatic carbocycles. The van der Waals surface area contributed by atoms with Crippen LogP contribution in [0.3, 0.4) is 0 Å². The molecule has 0 spiro atoms. The SMILES string of the molecule is Cc1nc2ccc(OC(=O)N[C@H]3CCCc4ccccc4C3)cc2[nH]1. The fourth-order valence-corrected chi connectivity index (χ4v) is 3.51. The van der Waals surface area contributed by atoms with E-state index in [4.69, 9.17) is 4.74 Å². The molecular formula is C20H21N3O2. The molecule has 5 nitrogen and oxygen atoms in total. The van der Waals surface area contributed by atoms with Crippen molar-refractivity contribution in [2.45, 2.75) is 38.6 Å². The summed E-state index contributed by atoms with van der Waals surface area (Å²) in [5.41, 5.74) is 4.44. The van der Waals surface area contributed by atoms with Crippen molar-refractivity contribution < 1.29 is 9.53 Å². The first kappa shape index (κ1) is 15.7. The molecule has 2 N–H and O–H groups in total. The van der Waals surface area contributed by atoms with Crippen molar-refractivity contribution in [3.63, 3.8) is 0 Å². The number of aromatic nitrogens is 2. The summed E-state index contributed by atoms with van der Waals surface area (Å²) in [5, 5.41) is 3.01. The largest absolute Gasteiger partial charge is 0.412 e. The molecule has 0 saturated heterocycles. The van der Waals surface area contributed by atoms with Gasteiger partial charge in [0.15, 0.2) is 0 Å². The van der Waals surface area contributed by atoms with E-state index in [0.717, 1.165) is 42.5 Å². The lowest BCUT2D eigenvalue weighted by Gasteiger charge is -2.16. The van der Waals surface area contributed by atoms with E-state index in [1.807, 2.05) is 13.0 Å². The highest BCUT2D eigenvalue weighted by molar-refractivity contribution is 5.78. The number of benzene rings is 2. The molecule has 1 atom stereocenters. The number of nitrogens with zero attached hydrogens (tertiary/aromatic N) is 1. The maximum absolute atomic E-state index is 12.3. The second kappa shape index (κ2) is 6.59. The number of ether oxygens (including phenoxy) is 1. The van der Waals surface area contributed by atoms with E-state index in [-0.39, 0.29) is 6.04 Å². The van der Waals surface area contributed by atoms with Gasteiger partial charge >= 0.3 is 6.09 Å². The maximum Gasteiger partial charge on any atom is 0.412 e.